The average molecular weight is 227 g/mol. The van der Waals surface area contributed by atoms with Gasteiger partial charge in [0, 0.05) is 18.1 Å². The third-order valence-corrected chi connectivity index (χ3v) is 2.92. The first-order valence-corrected chi connectivity index (χ1v) is 5.76. The Kier molecular flexibility index (Phi) is 3.52. The Morgan fingerprint density at radius 1 is 1.19 bits per heavy atom. The summed E-state index contributed by atoms with van der Waals surface area (Å²) in [4.78, 5) is 8.41. The minimum absolute atomic E-state index is 0.638. The van der Waals surface area contributed by atoms with Crippen LogP contribution in [0.25, 0.3) is 0 Å². The predicted octanol–water partition coefficient (Wildman–Crippen LogP) is 2.64. The number of pyridine rings is 2. The van der Waals surface area contributed by atoms with E-state index in [1.807, 2.05) is 18.2 Å². The largest absolute Gasteiger partial charge is 0.260 e. The molecule has 4 heteroatoms. The molecule has 0 N–H and O–H groups in total. The third-order valence-electron chi connectivity index (χ3n) is 1.96. The lowest BCUT2D eigenvalue weighted by Gasteiger charge is -2.00. The molecule has 2 heterocycles. The number of nitrogens with zero attached hydrogens (tertiary/aromatic N) is 3. The van der Waals surface area contributed by atoms with Crippen molar-refractivity contribution in [1.82, 2.24) is 9.97 Å². The van der Waals surface area contributed by atoms with Crippen LogP contribution in [0.2, 0.25) is 0 Å². The number of rotatable bonds is 3. The summed E-state index contributed by atoms with van der Waals surface area (Å²) in [5.41, 5.74) is 1.65. The van der Waals surface area contributed by atoms with Gasteiger partial charge in [0.15, 0.2) is 0 Å². The Morgan fingerprint density at radius 3 is 2.88 bits per heavy atom. The Hall–Kier alpha value is -1.86. The lowest BCUT2D eigenvalue weighted by Crippen LogP contribution is -1.86. The van der Waals surface area contributed by atoms with E-state index in [0.717, 1.165) is 16.5 Å². The summed E-state index contributed by atoms with van der Waals surface area (Å²) in [5.74, 6) is 0.767. The van der Waals surface area contributed by atoms with Gasteiger partial charge in [-0.2, -0.15) is 5.26 Å². The first-order valence-electron chi connectivity index (χ1n) is 4.77. The first-order chi connectivity index (χ1) is 7.88. The van der Waals surface area contributed by atoms with E-state index >= 15 is 0 Å². The molecule has 2 rings (SSSR count). The summed E-state index contributed by atoms with van der Waals surface area (Å²) < 4.78 is 0. The van der Waals surface area contributed by atoms with Crippen molar-refractivity contribution in [3.8, 4) is 6.07 Å². The van der Waals surface area contributed by atoms with E-state index in [0.29, 0.717) is 5.56 Å². The van der Waals surface area contributed by atoms with Crippen molar-refractivity contribution in [2.45, 2.75) is 10.8 Å². The molecular weight excluding hydrogens is 218 g/mol. The maximum Gasteiger partial charge on any atom is 0.0993 e. The van der Waals surface area contributed by atoms with Gasteiger partial charge in [-0.3, -0.25) is 4.98 Å². The molecule has 0 radical (unpaired) electrons. The molecule has 0 aliphatic carbocycles. The second kappa shape index (κ2) is 5.29. The molecule has 0 aliphatic rings. The summed E-state index contributed by atoms with van der Waals surface area (Å²) in [6, 6.07) is 11.4. The monoisotopic (exact) mass is 227 g/mol. The second-order valence-corrected chi connectivity index (χ2v) is 4.10. The molecule has 0 spiro atoms. The summed E-state index contributed by atoms with van der Waals surface area (Å²) in [5, 5.41) is 9.60. The fourth-order valence-corrected chi connectivity index (χ4v) is 2.00. The van der Waals surface area contributed by atoms with Crippen LogP contribution in [0.3, 0.4) is 0 Å². The molecule has 2 aromatic rings. The molecule has 0 amide bonds. The van der Waals surface area contributed by atoms with Crippen LogP contribution in [0.4, 0.5) is 0 Å². The molecule has 0 unspecified atom stereocenters. The molecule has 16 heavy (non-hydrogen) atoms. The van der Waals surface area contributed by atoms with E-state index in [1.165, 1.54) is 0 Å². The highest BCUT2D eigenvalue weighted by Crippen LogP contribution is 2.19. The summed E-state index contributed by atoms with van der Waals surface area (Å²) in [7, 11) is 0. The molecule has 0 bridgehead atoms. The number of nitriles is 1. The Labute approximate surface area is 98.2 Å². The average Bonchev–Trinajstić information content (AvgIpc) is 2.38. The first kappa shape index (κ1) is 10.7. The highest BCUT2D eigenvalue weighted by molar-refractivity contribution is 7.98. The van der Waals surface area contributed by atoms with Crippen molar-refractivity contribution in [2.24, 2.45) is 0 Å². The molecule has 0 atom stereocenters. The van der Waals surface area contributed by atoms with E-state index in [2.05, 4.69) is 16.0 Å². The van der Waals surface area contributed by atoms with Crippen LogP contribution < -0.4 is 0 Å². The molecule has 0 saturated carbocycles. The second-order valence-electron chi connectivity index (χ2n) is 3.10. The van der Waals surface area contributed by atoms with Gasteiger partial charge in [0.1, 0.15) is 0 Å². The minimum Gasteiger partial charge on any atom is -0.260 e. The van der Waals surface area contributed by atoms with Crippen LogP contribution in [-0.2, 0) is 5.75 Å². The molecule has 0 fully saturated rings. The van der Waals surface area contributed by atoms with E-state index < -0.39 is 0 Å². The van der Waals surface area contributed by atoms with E-state index in [1.54, 1.807) is 36.3 Å². The topological polar surface area (TPSA) is 49.6 Å². The fourth-order valence-electron chi connectivity index (χ4n) is 1.19. The van der Waals surface area contributed by atoms with Crippen molar-refractivity contribution < 1.29 is 0 Å². The lowest BCUT2D eigenvalue weighted by molar-refractivity contribution is 1.11. The van der Waals surface area contributed by atoms with Gasteiger partial charge in [0.2, 0.25) is 0 Å². The summed E-state index contributed by atoms with van der Waals surface area (Å²) in [6.45, 7) is 0. The Morgan fingerprint density at radius 2 is 2.12 bits per heavy atom. The number of hydrogen-bond acceptors (Lipinski definition) is 4. The van der Waals surface area contributed by atoms with Crippen molar-refractivity contribution in [3.63, 3.8) is 0 Å². The SMILES string of the molecule is N#Cc1ccnc(SCc2ccccn2)c1. The van der Waals surface area contributed by atoms with E-state index in [9.17, 15) is 0 Å². The van der Waals surface area contributed by atoms with E-state index in [4.69, 9.17) is 5.26 Å². The third kappa shape index (κ3) is 2.81. The molecular formula is C12H9N3S. The number of aromatic nitrogens is 2. The normalized spacial score (nSPS) is 9.69. The molecule has 78 valence electrons. The van der Waals surface area contributed by atoms with Crippen molar-refractivity contribution in [1.29, 1.82) is 5.26 Å². The maximum absolute atomic E-state index is 8.75. The van der Waals surface area contributed by atoms with Gasteiger partial charge < -0.3 is 0 Å². The zero-order valence-electron chi connectivity index (χ0n) is 8.50. The van der Waals surface area contributed by atoms with Gasteiger partial charge in [-0.25, -0.2) is 4.98 Å². The number of hydrogen-bond donors (Lipinski definition) is 0. The van der Waals surface area contributed by atoms with E-state index in [-0.39, 0.29) is 0 Å². The zero-order chi connectivity index (χ0) is 11.2. The van der Waals surface area contributed by atoms with Crippen LogP contribution >= 0.6 is 11.8 Å². The van der Waals surface area contributed by atoms with Crippen molar-refractivity contribution in [2.75, 3.05) is 0 Å². The standard InChI is InChI=1S/C12H9N3S/c13-8-10-4-6-15-12(7-10)16-9-11-3-1-2-5-14-11/h1-7H,9H2. The van der Waals surface area contributed by atoms with Crippen LogP contribution in [0, 0.1) is 11.3 Å². The molecule has 0 saturated heterocycles. The van der Waals surface area contributed by atoms with Gasteiger partial charge in [-0.05, 0) is 24.3 Å². The highest BCUT2D eigenvalue weighted by atomic mass is 32.2. The smallest absolute Gasteiger partial charge is 0.0993 e. The van der Waals surface area contributed by atoms with Gasteiger partial charge in [-0.15, -0.1) is 0 Å². The minimum atomic E-state index is 0.638. The lowest BCUT2D eigenvalue weighted by atomic mass is 10.3. The molecule has 0 aromatic carbocycles. The van der Waals surface area contributed by atoms with Gasteiger partial charge in [0.25, 0.3) is 0 Å². The van der Waals surface area contributed by atoms with Crippen LogP contribution in [0.15, 0.2) is 47.8 Å². The van der Waals surface area contributed by atoms with Crippen LogP contribution in [0.5, 0.6) is 0 Å². The fraction of sp³-hybridized carbons (Fsp3) is 0.0833. The van der Waals surface area contributed by atoms with Crippen LogP contribution in [0.1, 0.15) is 11.3 Å². The van der Waals surface area contributed by atoms with Crippen molar-refractivity contribution in [3.05, 3.63) is 54.0 Å². The molecule has 3 nitrogen and oxygen atoms in total. The number of thioether (sulfide) groups is 1. The molecule has 0 aliphatic heterocycles. The van der Waals surface area contributed by atoms with Gasteiger partial charge >= 0.3 is 0 Å². The van der Waals surface area contributed by atoms with Gasteiger partial charge in [-0.1, -0.05) is 17.8 Å². The summed E-state index contributed by atoms with van der Waals surface area (Å²) in [6.07, 6.45) is 3.42. The predicted molar refractivity (Wildman–Crippen MR) is 62.8 cm³/mol. The quantitative estimate of drug-likeness (QED) is 0.756. The maximum atomic E-state index is 8.75. The van der Waals surface area contributed by atoms with Crippen LogP contribution in [-0.4, -0.2) is 9.97 Å². The summed E-state index contributed by atoms with van der Waals surface area (Å²) >= 11 is 1.58. The zero-order valence-corrected chi connectivity index (χ0v) is 9.31. The van der Waals surface area contributed by atoms with Gasteiger partial charge in [0.05, 0.1) is 22.4 Å². The van der Waals surface area contributed by atoms with Crippen molar-refractivity contribution >= 4 is 11.8 Å². The Bertz CT molecular complexity index is 505. The highest BCUT2D eigenvalue weighted by Gasteiger charge is 1.99. The Balaban J connectivity index is 2.03. The molecule has 2 aromatic heterocycles.